The maximum absolute atomic E-state index is 12.0. The van der Waals surface area contributed by atoms with Crippen LogP contribution in [-0.2, 0) is 18.9 Å². The molecule has 0 radical (unpaired) electrons. The van der Waals surface area contributed by atoms with E-state index < -0.39 is 11.2 Å². The number of hydrogen-bond acceptors (Lipinski definition) is 5. The van der Waals surface area contributed by atoms with Crippen molar-refractivity contribution >= 4 is 11.7 Å². The minimum absolute atomic E-state index is 0.0696. The van der Waals surface area contributed by atoms with Gasteiger partial charge in [0.05, 0.1) is 0 Å². The Morgan fingerprint density at radius 1 is 1.23 bits per heavy atom. The van der Waals surface area contributed by atoms with E-state index in [4.69, 9.17) is 0 Å². The normalized spacial score (nSPS) is 14.3. The van der Waals surface area contributed by atoms with E-state index >= 15 is 0 Å². The van der Waals surface area contributed by atoms with Gasteiger partial charge < -0.3 is 9.80 Å². The molecule has 0 aliphatic carbocycles. The lowest BCUT2D eigenvalue weighted by molar-refractivity contribution is -0.127. The Bertz CT molecular complexity index is 755. The zero-order valence-corrected chi connectivity index (χ0v) is 13.0. The molecule has 1 saturated heterocycles. The van der Waals surface area contributed by atoms with Crippen molar-refractivity contribution in [3.63, 3.8) is 0 Å². The summed E-state index contributed by atoms with van der Waals surface area (Å²) in [6, 6.07) is 1.88. The van der Waals surface area contributed by atoms with Gasteiger partial charge in [-0.15, -0.1) is 0 Å². The Balaban J connectivity index is 2.32. The van der Waals surface area contributed by atoms with E-state index in [1.807, 2.05) is 6.07 Å². The van der Waals surface area contributed by atoms with Crippen molar-refractivity contribution in [2.45, 2.75) is 12.8 Å². The van der Waals surface area contributed by atoms with Gasteiger partial charge in [-0.05, 0) is 6.42 Å². The molecule has 8 nitrogen and oxygen atoms in total. The van der Waals surface area contributed by atoms with Crippen molar-refractivity contribution < 1.29 is 4.79 Å². The highest BCUT2D eigenvalue weighted by Crippen LogP contribution is 2.14. The molecule has 0 bridgehead atoms. The number of hydrogen-bond donors (Lipinski definition) is 0. The Morgan fingerprint density at radius 2 is 1.91 bits per heavy atom. The fourth-order valence-electron chi connectivity index (χ4n) is 2.70. The van der Waals surface area contributed by atoms with Gasteiger partial charge in [0.2, 0.25) is 5.91 Å². The molecule has 1 amide bonds. The van der Waals surface area contributed by atoms with Crippen LogP contribution < -0.4 is 16.1 Å². The monoisotopic (exact) mass is 305 g/mol. The molecular formula is C14H19N5O3. The van der Waals surface area contributed by atoms with E-state index in [0.29, 0.717) is 19.5 Å². The first-order valence-corrected chi connectivity index (χ1v) is 7.07. The molecule has 0 N–H and O–H groups in total. The summed E-state index contributed by atoms with van der Waals surface area (Å²) in [7, 11) is 4.57. The van der Waals surface area contributed by atoms with Crippen molar-refractivity contribution in [3.05, 3.63) is 26.4 Å². The van der Waals surface area contributed by atoms with Crippen LogP contribution in [0.25, 0.3) is 0 Å². The number of likely N-dealkylation sites (N-methyl/N-ethyl adjacent to an activating group) is 1. The van der Waals surface area contributed by atoms with Crippen LogP contribution >= 0.6 is 0 Å². The van der Waals surface area contributed by atoms with Crippen LogP contribution in [0.2, 0.25) is 0 Å². The highest BCUT2D eigenvalue weighted by atomic mass is 16.2. The molecule has 0 unspecified atom stereocenters. The zero-order valence-electron chi connectivity index (χ0n) is 13.0. The van der Waals surface area contributed by atoms with Crippen molar-refractivity contribution in [2.75, 3.05) is 31.6 Å². The van der Waals surface area contributed by atoms with Gasteiger partial charge in [-0.3, -0.25) is 18.7 Å². The van der Waals surface area contributed by atoms with Crippen LogP contribution in [0, 0.1) is 11.3 Å². The molecule has 0 saturated carbocycles. The second-order valence-electron chi connectivity index (χ2n) is 5.42. The molecule has 22 heavy (non-hydrogen) atoms. The number of aromatic nitrogens is 2. The fraction of sp³-hybridized carbons (Fsp3) is 0.571. The van der Waals surface area contributed by atoms with Gasteiger partial charge in [0.15, 0.2) is 5.56 Å². The molecular weight excluding hydrogens is 286 g/mol. The van der Waals surface area contributed by atoms with Gasteiger partial charge in [-0.1, -0.05) is 0 Å². The average molecular weight is 305 g/mol. The van der Waals surface area contributed by atoms with Crippen molar-refractivity contribution in [1.82, 2.24) is 14.0 Å². The predicted octanol–water partition coefficient (Wildman–Crippen LogP) is -0.986. The van der Waals surface area contributed by atoms with E-state index in [1.165, 1.54) is 18.7 Å². The van der Waals surface area contributed by atoms with Gasteiger partial charge in [0.25, 0.3) is 5.56 Å². The van der Waals surface area contributed by atoms with Crippen molar-refractivity contribution in [1.29, 1.82) is 5.26 Å². The molecule has 0 atom stereocenters. The lowest BCUT2D eigenvalue weighted by Gasteiger charge is -2.25. The first kappa shape index (κ1) is 15.8. The van der Waals surface area contributed by atoms with E-state index in [2.05, 4.69) is 0 Å². The molecule has 2 rings (SSSR count). The number of rotatable bonds is 4. The second kappa shape index (κ2) is 6.05. The van der Waals surface area contributed by atoms with Crippen LogP contribution in [0.5, 0.6) is 0 Å². The summed E-state index contributed by atoms with van der Waals surface area (Å²) in [5.41, 5.74) is -1.16. The van der Waals surface area contributed by atoms with E-state index in [1.54, 1.807) is 16.8 Å². The lowest BCUT2D eigenvalue weighted by atomic mass is 10.3. The third kappa shape index (κ3) is 2.62. The predicted molar refractivity (Wildman–Crippen MR) is 80.7 cm³/mol. The number of carbonyl (C=O) groups is 1. The quantitative estimate of drug-likeness (QED) is 0.712. The molecule has 1 aliphatic heterocycles. The van der Waals surface area contributed by atoms with Crippen LogP contribution in [-0.4, -0.2) is 46.6 Å². The number of nitriles is 1. The van der Waals surface area contributed by atoms with Crippen molar-refractivity contribution in [3.8, 4) is 6.07 Å². The van der Waals surface area contributed by atoms with Crippen LogP contribution in [0.3, 0.4) is 0 Å². The smallest absolute Gasteiger partial charge is 0.332 e. The van der Waals surface area contributed by atoms with Gasteiger partial charge in [0, 0.05) is 47.2 Å². The molecule has 1 aliphatic rings. The summed E-state index contributed by atoms with van der Waals surface area (Å²) in [6.07, 6.45) is 1.42. The Hall–Kier alpha value is -2.56. The molecule has 0 spiro atoms. The van der Waals surface area contributed by atoms with Gasteiger partial charge in [-0.2, -0.15) is 5.26 Å². The summed E-state index contributed by atoms with van der Waals surface area (Å²) < 4.78 is 2.20. The molecule has 1 aromatic heterocycles. The summed E-state index contributed by atoms with van der Waals surface area (Å²) in [5.74, 6) is 0.397. The number of anilines is 1. The molecule has 0 aromatic carbocycles. The largest absolute Gasteiger partial charge is 0.358 e. The minimum atomic E-state index is -0.607. The first-order chi connectivity index (χ1) is 10.4. The standard InChI is InChI=1S/C14H19N5O3/c1-16(7-8-19-6-4-5-11(19)20)12-10(9-15)13(21)18(3)14(22)17(12)2/h4-8H2,1-3H3. The SMILES string of the molecule is CN(CCN1CCCC1=O)c1c(C#N)c(=O)n(C)c(=O)n1C. The average Bonchev–Trinajstić information content (AvgIpc) is 2.91. The molecule has 8 heteroatoms. The van der Waals surface area contributed by atoms with Crippen LogP contribution in [0.4, 0.5) is 5.82 Å². The summed E-state index contributed by atoms with van der Waals surface area (Å²) in [6.45, 7) is 1.68. The van der Waals surface area contributed by atoms with Gasteiger partial charge in [0.1, 0.15) is 11.9 Å². The summed E-state index contributed by atoms with van der Waals surface area (Å²) in [5, 5.41) is 9.24. The molecule has 1 aromatic rings. The van der Waals surface area contributed by atoms with Gasteiger partial charge >= 0.3 is 5.69 Å². The van der Waals surface area contributed by atoms with Crippen LogP contribution in [0.15, 0.2) is 9.59 Å². The van der Waals surface area contributed by atoms with E-state index in [9.17, 15) is 19.6 Å². The summed E-state index contributed by atoms with van der Waals surface area (Å²) in [4.78, 5) is 39.1. The molecule has 1 fully saturated rings. The highest BCUT2D eigenvalue weighted by molar-refractivity contribution is 5.78. The van der Waals surface area contributed by atoms with Crippen LogP contribution in [0.1, 0.15) is 18.4 Å². The van der Waals surface area contributed by atoms with E-state index in [0.717, 1.165) is 17.5 Å². The minimum Gasteiger partial charge on any atom is -0.358 e. The number of likely N-dealkylation sites (tertiary alicyclic amines) is 1. The van der Waals surface area contributed by atoms with E-state index in [-0.39, 0.29) is 17.3 Å². The number of nitrogens with zero attached hydrogens (tertiary/aromatic N) is 5. The lowest BCUT2D eigenvalue weighted by Crippen LogP contribution is -2.43. The van der Waals surface area contributed by atoms with Crippen molar-refractivity contribution in [2.24, 2.45) is 14.1 Å². The number of amides is 1. The first-order valence-electron chi connectivity index (χ1n) is 7.07. The number of carbonyl (C=O) groups excluding carboxylic acids is 1. The maximum Gasteiger partial charge on any atom is 0.332 e. The third-order valence-electron chi connectivity index (χ3n) is 3.98. The maximum atomic E-state index is 12.0. The Kier molecular flexibility index (Phi) is 4.35. The fourth-order valence-corrected chi connectivity index (χ4v) is 2.70. The third-order valence-corrected chi connectivity index (χ3v) is 3.98. The Morgan fingerprint density at radius 3 is 2.45 bits per heavy atom. The van der Waals surface area contributed by atoms with Gasteiger partial charge in [-0.25, -0.2) is 4.79 Å². The molecule has 2 heterocycles. The summed E-state index contributed by atoms with van der Waals surface area (Å²) >= 11 is 0. The second-order valence-corrected chi connectivity index (χ2v) is 5.42. The highest BCUT2D eigenvalue weighted by Gasteiger charge is 2.22. The molecule has 118 valence electrons. The Labute approximate surface area is 127 Å². The zero-order chi connectivity index (χ0) is 16.4. The topological polar surface area (TPSA) is 91.3 Å².